The summed E-state index contributed by atoms with van der Waals surface area (Å²) in [6.45, 7) is 5.64. The van der Waals surface area contributed by atoms with Crippen LogP contribution in [-0.4, -0.2) is 37.1 Å². The summed E-state index contributed by atoms with van der Waals surface area (Å²) < 4.78 is 0. The number of rotatable bonds is 4. The number of anilines is 1. The van der Waals surface area contributed by atoms with Crippen molar-refractivity contribution in [2.75, 3.05) is 31.5 Å². The lowest BCUT2D eigenvalue weighted by Crippen LogP contribution is -2.42. The fourth-order valence-electron chi connectivity index (χ4n) is 2.48. The van der Waals surface area contributed by atoms with Crippen molar-refractivity contribution in [3.63, 3.8) is 0 Å². The van der Waals surface area contributed by atoms with Gasteiger partial charge in [0, 0.05) is 23.8 Å². The third kappa shape index (κ3) is 4.39. The molecule has 20 heavy (non-hydrogen) atoms. The van der Waals surface area contributed by atoms with E-state index in [0.717, 1.165) is 31.9 Å². The van der Waals surface area contributed by atoms with Gasteiger partial charge in [-0.05, 0) is 63.0 Å². The van der Waals surface area contributed by atoms with Crippen LogP contribution in [0.4, 0.5) is 10.5 Å². The molecular weight excluding hydrogens is 274 g/mol. The first-order chi connectivity index (χ1) is 9.69. The third-order valence-corrected chi connectivity index (χ3v) is 3.89. The molecule has 0 aliphatic carbocycles. The molecule has 0 saturated carbocycles. The first kappa shape index (κ1) is 15.1. The third-order valence-electron chi connectivity index (χ3n) is 3.64. The second-order valence-corrected chi connectivity index (χ2v) is 5.62. The van der Waals surface area contributed by atoms with Gasteiger partial charge in [-0.3, -0.25) is 0 Å². The maximum Gasteiger partial charge on any atom is 0.321 e. The van der Waals surface area contributed by atoms with Crippen molar-refractivity contribution in [1.82, 2.24) is 10.2 Å². The number of benzene rings is 1. The van der Waals surface area contributed by atoms with Crippen LogP contribution in [0, 0.1) is 5.92 Å². The van der Waals surface area contributed by atoms with Gasteiger partial charge in [0.25, 0.3) is 0 Å². The molecule has 1 saturated heterocycles. The molecule has 1 unspecified atom stereocenters. The first-order valence-corrected chi connectivity index (χ1v) is 7.59. The molecule has 1 aromatic rings. The fraction of sp³-hybridized carbons (Fsp3) is 0.533. The first-order valence-electron chi connectivity index (χ1n) is 7.21. The van der Waals surface area contributed by atoms with E-state index in [1.165, 1.54) is 12.8 Å². The zero-order valence-electron chi connectivity index (χ0n) is 11.9. The molecule has 2 rings (SSSR count). The van der Waals surface area contributed by atoms with Gasteiger partial charge in [-0.1, -0.05) is 11.6 Å². The zero-order chi connectivity index (χ0) is 14.4. The van der Waals surface area contributed by atoms with Crippen LogP contribution < -0.4 is 10.6 Å². The smallest absolute Gasteiger partial charge is 0.321 e. The lowest BCUT2D eigenvalue weighted by Gasteiger charge is -2.29. The van der Waals surface area contributed by atoms with E-state index in [2.05, 4.69) is 10.6 Å². The molecule has 1 aliphatic heterocycles. The Labute approximate surface area is 125 Å². The van der Waals surface area contributed by atoms with E-state index in [4.69, 9.17) is 11.6 Å². The highest BCUT2D eigenvalue weighted by Gasteiger charge is 2.19. The highest BCUT2D eigenvalue weighted by atomic mass is 35.5. The summed E-state index contributed by atoms with van der Waals surface area (Å²) in [5.74, 6) is 0.555. The largest absolute Gasteiger partial charge is 0.324 e. The van der Waals surface area contributed by atoms with Crippen molar-refractivity contribution in [2.45, 2.75) is 19.8 Å². The van der Waals surface area contributed by atoms with Crippen LogP contribution in [0.25, 0.3) is 0 Å². The molecule has 1 atom stereocenters. The average molecular weight is 296 g/mol. The van der Waals surface area contributed by atoms with Crippen LogP contribution in [0.1, 0.15) is 19.8 Å². The molecule has 1 aliphatic rings. The Hall–Kier alpha value is -1.26. The standard InChI is InChI=1S/C15H22ClN3O/c1-2-19(11-12-4-3-9-17-10-12)15(20)18-14-7-5-13(16)6-8-14/h5-8,12,17H,2-4,9-11H2,1H3,(H,18,20). The highest BCUT2D eigenvalue weighted by Crippen LogP contribution is 2.15. The van der Waals surface area contributed by atoms with Gasteiger partial charge in [-0.25, -0.2) is 4.79 Å². The van der Waals surface area contributed by atoms with E-state index < -0.39 is 0 Å². The summed E-state index contributed by atoms with van der Waals surface area (Å²) in [6.07, 6.45) is 2.39. The number of carbonyl (C=O) groups excluding carboxylic acids is 1. The predicted octanol–water partition coefficient (Wildman–Crippen LogP) is 3.19. The second-order valence-electron chi connectivity index (χ2n) is 5.19. The quantitative estimate of drug-likeness (QED) is 0.896. The monoisotopic (exact) mass is 295 g/mol. The van der Waals surface area contributed by atoms with Gasteiger partial charge < -0.3 is 15.5 Å². The van der Waals surface area contributed by atoms with Gasteiger partial charge in [0.1, 0.15) is 0 Å². The lowest BCUT2D eigenvalue weighted by molar-refractivity contribution is 0.197. The van der Waals surface area contributed by atoms with Crippen molar-refractivity contribution in [2.24, 2.45) is 5.92 Å². The topological polar surface area (TPSA) is 44.4 Å². The molecule has 4 nitrogen and oxygen atoms in total. The minimum atomic E-state index is -0.0413. The molecule has 0 spiro atoms. The molecule has 2 amide bonds. The van der Waals surface area contributed by atoms with Gasteiger partial charge in [-0.2, -0.15) is 0 Å². The molecule has 2 N–H and O–H groups in total. The van der Waals surface area contributed by atoms with Crippen molar-refractivity contribution in [3.05, 3.63) is 29.3 Å². The molecular formula is C15H22ClN3O. The Balaban J connectivity index is 1.89. The van der Waals surface area contributed by atoms with Crippen molar-refractivity contribution in [3.8, 4) is 0 Å². The van der Waals surface area contributed by atoms with Crippen molar-refractivity contribution >= 4 is 23.3 Å². The number of amides is 2. The number of nitrogens with one attached hydrogen (secondary N) is 2. The number of halogens is 1. The Morgan fingerprint density at radius 1 is 1.45 bits per heavy atom. The second kappa shape index (κ2) is 7.50. The fourth-order valence-corrected chi connectivity index (χ4v) is 2.61. The van der Waals surface area contributed by atoms with E-state index in [-0.39, 0.29) is 6.03 Å². The molecule has 1 aromatic carbocycles. The number of hydrogen-bond donors (Lipinski definition) is 2. The summed E-state index contributed by atoms with van der Waals surface area (Å²) in [5, 5.41) is 6.97. The summed E-state index contributed by atoms with van der Waals surface area (Å²) in [7, 11) is 0. The maximum atomic E-state index is 12.3. The molecule has 5 heteroatoms. The Morgan fingerprint density at radius 3 is 2.80 bits per heavy atom. The number of piperidine rings is 1. The molecule has 1 heterocycles. The Morgan fingerprint density at radius 2 is 2.20 bits per heavy atom. The normalized spacial score (nSPS) is 18.6. The van der Waals surface area contributed by atoms with Gasteiger partial charge >= 0.3 is 6.03 Å². The van der Waals surface area contributed by atoms with E-state index in [9.17, 15) is 4.79 Å². The molecule has 0 aromatic heterocycles. The van der Waals surface area contributed by atoms with Crippen LogP contribution in [0.2, 0.25) is 5.02 Å². The maximum absolute atomic E-state index is 12.3. The number of nitrogens with zero attached hydrogens (tertiary/aromatic N) is 1. The SMILES string of the molecule is CCN(CC1CCCNC1)C(=O)Nc1ccc(Cl)cc1. The van der Waals surface area contributed by atoms with Crippen LogP contribution >= 0.6 is 11.6 Å². The lowest BCUT2D eigenvalue weighted by atomic mass is 9.99. The number of hydrogen-bond acceptors (Lipinski definition) is 2. The van der Waals surface area contributed by atoms with Crippen LogP contribution in [-0.2, 0) is 0 Å². The highest BCUT2D eigenvalue weighted by molar-refractivity contribution is 6.30. The molecule has 0 radical (unpaired) electrons. The molecule has 110 valence electrons. The summed E-state index contributed by atoms with van der Waals surface area (Å²) in [4.78, 5) is 14.1. The van der Waals surface area contributed by atoms with E-state index in [1.54, 1.807) is 12.1 Å². The van der Waals surface area contributed by atoms with Gasteiger partial charge in [0.15, 0.2) is 0 Å². The van der Waals surface area contributed by atoms with Crippen LogP contribution in [0.5, 0.6) is 0 Å². The van der Waals surface area contributed by atoms with E-state index in [1.807, 2.05) is 24.0 Å². The van der Waals surface area contributed by atoms with Gasteiger partial charge in [0.05, 0.1) is 0 Å². The van der Waals surface area contributed by atoms with Gasteiger partial charge in [0.2, 0.25) is 0 Å². The predicted molar refractivity (Wildman–Crippen MR) is 83.3 cm³/mol. The summed E-state index contributed by atoms with van der Waals surface area (Å²) in [6, 6.07) is 7.14. The number of urea groups is 1. The number of carbonyl (C=O) groups is 1. The summed E-state index contributed by atoms with van der Waals surface area (Å²) in [5.41, 5.74) is 0.777. The van der Waals surface area contributed by atoms with Crippen LogP contribution in [0.15, 0.2) is 24.3 Å². The van der Waals surface area contributed by atoms with Gasteiger partial charge in [-0.15, -0.1) is 0 Å². The van der Waals surface area contributed by atoms with E-state index >= 15 is 0 Å². The zero-order valence-corrected chi connectivity index (χ0v) is 12.6. The van der Waals surface area contributed by atoms with Crippen LogP contribution in [0.3, 0.4) is 0 Å². The minimum absolute atomic E-state index is 0.0413. The van der Waals surface area contributed by atoms with Crippen molar-refractivity contribution in [1.29, 1.82) is 0 Å². The molecule has 1 fully saturated rings. The van der Waals surface area contributed by atoms with E-state index in [0.29, 0.717) is 10.9 Å². The summed E-state index contributed by atoms with van der Waals surface area (Å²) >= 11 is 5.84. The Kier molecular flexibility index (Phi) is 5.68. The molecule has 0 bridgehead atoms. The average Bonchev–Trinajstić information content (AvgIpc) is 2.48. The Bertz CT molecular complexity index is 429. The van der Waals surface area contributed by atoms with Crippen molar-refractivity contribution < 1.29 is 4.79 Å². The minimum Gasteiger partial charge on any atom is -0.324 e.